The molecule has 4 aromatic heterocycles. The summed E-state index contributed by atoms with van der Waals surface area (Å²) in [4.78, 5) is 34.5. The summed E-state index contributed by atoms with van der Waals surface area (Å²) in [5.74, 6) is 0.314. The first-order valence-electron chi connectivity index (χ1n) is 10.5. The molecule has 0 aliphatic rings. The molecule has 0 aliphatic carbocycles. The molecule has 11 heteroatoms. The molecule has 1 amide bonds. The Bertz CT molecular complexity index is 1590. The molecule has 1 aromatic carbocycles. The highest BCUT2D eigenvalue weighted by Crippen LogP contribution is 2.30. The number of carbonyl (C=O) groups is 1. The zero-order chi connectivity index (χ0) is 23.8. The van der Waals surface area contributed by atoms with Crippen LogP contribution >= 0.6 is 23.7 Å². The summed E-state index contributed by atoms with van der Waals surface area (Å²) in [6, 6.07) is 14.6. The van der Waals surface area contributed by atoms with Crippen LogP contribution in [-0.4, -0.2) is 30.3 Å². The number of hydrogen-bond acceptors (Lipinski definition) is 7. The molecule has 0 spiro atoms. The lowest BCUT2D eigenvalue weighted by atomic mass is 10.1. The topological polar surface area (TPSA) is 107 Å². The molecule has 0 atom stereocenters. The molecule has 35 heavy (non-hydrogen) atoms. The second-order valence-corrected chi connectivity index (χ2v) is 8.62. The quantitative estimate of drug-likeness (QED) is 0.364. The Labute approximate surface area is 210 Å². The highest BCUT2D eigenvalue weighted by molar-refractivity contribution is 7.14. The van der Waals surface area contributed by atoms with E-state index in [9.17, 15) is 9.59 Å². The first-order valence-corrected chi connectivity index (χ1v) is 11.4. The first-order chi connectivity index (χ1) is 16.4. The number of hydrogen-bond donors (Lipinski definition) is 2. The molecule has 0 saturated heterocycles. The van der Waals surface area contributed by atoms with E-state index in [1.807, 2.05) is 43.5 Å². The number of nitrogens with one attached hydrogen (secondary N) is 2. The van der Waals surface area contributed by atoms with Crippen molar-refractivity contribution in [1.82, 2.24) is 24.4 Å². The molecule has 4 heterocycles. The predicted molar refractivity (Wildman–Crippen MR) is 140 cm³/mol. The Morgan fingerprint density at radius 1 is 1.06 bits per heavy atom. The Morgan fingerprint density at radius 3 is 2.54 bits per heavy atom. The van der Waals surface area contributed by atoms with Gasteiger partial charge in [-0.25, -0.2) is 14.6 Å². The molecule has 0 saturated carbocycles. The second kappa shape index (κ2) is 9.69. The Balaban J connectivity index is 0.00000289. The number of halogens is 1. The monoisotopic (exact) mass is 507 g/mol. The molecule has 178 valence electrons. The Hall–Kier alpha value is -4.02. The van der Waals surface area contributed by atoms with Crippen molar-refractivity contribution in [1.29, 1.82) is 0 Å². The van der Waals surface area contributed by atoms with Crippen LogP contribution in [0.1, 0.15) is 21.9 Å². The van der Waals surface area contributed by atoms with Crippen molar-refractivity contribution < 1.29 is 4.79 Å². The minimum absolute atomic E-state index is 0. The van der Waals surface area contributed by atoms with Gasteiger partial charge in [-0.1, -0.05) is 24.3 Å². The van der Waals surface area contributed by atoms with Gasteiger partial charge in [0, 0.05) is 41.0 Å². The van der Waals surface area contributed by atoms with Crippen molar-refractivity contribution in [3.63, 3.8) is 0 Å². The molecule has 5 aromatic rings. The van der Waals surface area contributed by atoms with E-state index in [0.29, 0.717) is 10.8 Å². The van der Waals surface area contributed by atoms with Crippen molar-refractivity contribution in [3.8, 4) is 11.3 Å². The van der Waals surface area contributed by atoms with Crippen LogP contribution in [0.3, 0.4) is 0 Å². The number of amides is 1. The van der Waals surface area contributed by atoms with Crippen LogP contribution in [0.15, 0.2) is 64.9 Å². The van der Waals surface area contributed by atoms with Gasteiger partial charge in [-0.15, -0.1) is 23.7 Å². The van der Waals surface area contributed by atoms with E-state index in [0.717, 1.165) is 33.6 Å². The van der Waals surface area contributed by atoms with Gasteiger partial charge in [0.1, 0.15) is 5.82 Å². The van der Waals surface area contributed by atoms with Crippen molar-refractivity contribution in [2.75, 3.05) is 10.7 Å². The number of carbonyl (C=O) groups excluding carboxylic acids is 1. The summed E-state index contributed by atoms with van der Waals surface area (Å²) in [5.41, 5.74) is 6.22. The third-order valence-electron chi connectivity index (χ3n) is 5.50. The third-order valence-corrected chi connectivity index (χ3v) is 6.25. The third kappa shape index (κ3) is 4.53. The molecule has 5 rings (SSSR count). The number of benzene rings is 1. The highest BCUT2D eigenvalue weighted by atomic mass is 35.5. The summed E-state index contributed by atoms with van der Waals surface area (Å²) in [7, 11) is 1.54. The maximum Gasteiger partial charge on any atom is 0.291 e. The average molecular weight is 508 g/mol. The van der Waals surface area contributed by atoms with Crippen LogP contribution in [0.25, 0.3) is 22.0 Å². The number of anilines is 2. The van der Waals surface area contributed by atoms with Crippen LogP contribution in [0, 0.1) is 13.8 Å². The van der Waals surface area contributed by atoms with Gasteiger partial charge < -0.3 is 5.32 Å². The number of fused-ring (bicyclic) bond motifs is 1. The van der Waals surface area contributed by atoms with Gasteiger partial charge in [0.05, 0.1) is 11.1 Å². The van der Waals surface area contributed by atoms with Crippen molar-refractivity contribution >= 4 is 51.4 Å². The molecule has 9 nitrogen and oxygen atoms in total. The fraction of sp³-hybridized carbons (Fsp3) is 0.125. The number of aryl methyl sites for hydroxylation is 2. The molecule has 0 bridgehead atoms. The summed E-state index contributed by atoms with van der Waals surface area (Å²) in [6.07, 6.45) is 1.72. The van der Waals surface area contributed by atoms with Gasteiger partial charge in [-0.05, 0) is 38.1 Å². The van der Waals surface area contributed by atoms with Crippen LogP contribution in [0.4, 0.5) is 10.9 Å². The fourth-order valence-electron chi connectivity index (χ4n) is 3.82. The number of rotatable bonds is 5. The predicted octanol–water partition coefficient (Wildman–Crippen LogP) is 4.42. The molecule has 0 radical (unpaired) electrons. The summed E-state index contributed by atoms with van der Waals surface area (Å²) >= 11 is 1.48. The van der Waals surface area contributed by atoms with Crippen molar-refractivity contribution in [2.24, 2.45) is 7.05 Å². The van der Waals surface area contributed by atoms with E-state index in [4.69, 9.17) is 0 Å². The van der Waals surface area contributed by atoms with E-state index >= 15 is 0 Å². The Morgan fingerprint density at radius 2 is 1.80 bits per heavy atom. The maximum atomic E-state index is 13.2. The largest absolute Gasteiger partial charge is 0.316 e. The summed E-state index contributed by atoms with van der Waals surface area (Å²) in [5, 5.41) is 11.1. The van der Waals surface area contributed by atoms with Gasteiger partial charge >= 0.3 is 0 Å². The van der Waals surface area contributed by atoms with E-state index in [2.05, 4.69) is 25.8 Å². The fourth-order valence-corrected chi connectivity index (χ4v) is 4.53. The number of thiazole rings is 1. The number of aromatic nitrogens is 5. The smallest absolute Gasteiger partial charge is 0.291 e. The standard InChI is InChI=1S/C24H21N7O2S.ClH/c1-14-12-18(19-13-34-24(26-19)27-20-10-6-7-11-25-20)15(2)31(14)29-22(32)21-16-8-4-5-9-17(16)23(33)30(3)28-21;/h4-13H,1-3H3,(H,29,32)(H,25,26,27);1H. The zero-order valence-corrected chi connectivity index (χ0v) is 20.8. The lowest BCUT2D eigenvalue weighted by molar-refractivity contribution is 0.100. The normalized spacial score (nSPS) is 10.7. The number of pyridine rings is 1. The SMILES string of the molecule is Cc1cc(-c2csc(Nc3ccccn3)n2)c(C)n1NC(=O)c1nn(C)c(=O)c2ccccc12.Cl. The summed E-state index contributed by atoms with van der Waals surface area (Å²) < 4.78 is 2.90. The minimum Gasteiger partial charge on any atom is -0.316 e. The second-order valence-electron chi connectivity index (χ2n) is 7.76. The molecule has 0 unspecified atom stereocenters. The van der Waals surface area contributed by atoms with Gasteiger partial charge in [0.15, 0.2) is 10.8 Å². The van der Waals surface area contributed by atoms with Crippen LogP contribution in [0.2, 0.25) is 0 Å². The van der Waals surface area contributed by atoms with E-state index < -0.39 is 5.91 Å². The van der Waals surface area contributed by atoms with Crippen LogP contribution in [0.5, 0.6) is 0 Å². The van der Waals surface area contributed by atoms with Gasteiger partial charge in [-0.2, -0.15) is 5.10 Å². The van der Waals surface area contributed by atoms with E-state index in [1.54, 1.807) is 35.1 Å². The van der Waals surface area contributed by atoms with Gasteiger partial charge in [0.25, 0.3) is 11.5 Å². The minimum atomic E-state index is -0.407. The van der Waals surface area contributed by atoms with Crippen LogP contribution < -0.4 is 16.3 Å². The Kier molecular flexibility index (Phi) is 6.68. The lowest BCUT2D eigenvalue weighted by Gasteiger charge is -2.13. The maximum absolute atomic E-state index is 13.2. The zero-order valence-electron chi connectivity index (χ0n) is 19.1. The van der Waals surface area contributed by atoms with E-state index in [-0.39, 0.29) is 23.7 Å². The lowest BCUT2D eigenvalue weighted by Crippen LogP contribution is -2.29. The number of nitrogens with zero attached hydrogens (tertiary/aromatic N) is 5. The molecule has 0 fully saturated rings. The van der Waals surface area contributed by atoms with Crippen molar-refractivity contribution in [2.45, 2.75) is 13.8 Å². The highest BCUT2D eigenvalue weighted by Gasteiger charge is 2.19. The molecule has 2 N–H and O–H groups in total. The molecular formula is C24H22ClN7O2S. The van der Waals surface area contributed by atoms with Crippen LogP contribution in [-0.2, 0) is 7.05 Å². The summed E-state index contributed by atoms with van der Waals surface area (Å²) in [6.45, 7) is 3.82. The average Bonchev–Trinajstić information content (AvgIpc) is 3.41. The van der Waals surface area contributed by atoms with Crippen molar-refractivity contribution in [3.05, 3.63) is 87.5 Å². The van der Waals surface area contributed by atoms with Gasteiger partial charge in [-0.3, -0.25) is 19.7 Å². The van der Waals surface area contributed by atoms with E-state index in [1.165, 1.54) is 23.1 Å². The molecular weight excluding hydrogens is 486 g/mol. The first kappa shape index (κ1) is 24.1. The molecule has 0 aliphatic heterocycles. The van der Waals surface area contributed by atoms with Gasteiger partial charge in [0.2, 0.25) is 0 Å².